The first-order valence-corrected chi connectivity index (χ1v) is 5.15. The molecule has 0 N–H and O–H groups in total. The zero-order chi connectivity index (χ0) is 12.5. The summed E-state index contributed by atoms with van der Waals surface area (Å²) in [6.07, 6.45) is 0. The van der Waals surface area contributed by atoms with Gasteiger partial charge in [-0.05, 0) is 24.3 Å². The van der Waals surface area contributed by atoms with Crippen LogP contribution >= 0.6 is 0 Å². The fraction of sp³-hybridized carbons (Fsp3) is 0.417. The molecule has 1 rings (SSSR count). The molecular weight excluding hydrogens is 224 g/mol. The van der Waals surface area contributed by atoms with E-state index >= 15 is 0 Å². The van der Waals surface area contributed by atoms with Crippen LogP contribution in [-0.4, -0.2) is 40.2 Å². The molecular formula is C12H16O5. The van der Waals surface area contributed by atoms with Crippen LogP contribution in [-0.2, 0) is 14.2 Å². The van der Waals surface area contributed by atoms with E-state index in [1.54, 1.807) is 31.4 Å². The molecule has 0 saturated carbocycles. The molecule has 0 aliphatic heterocycles. The van der Waals surface area contributed by atoms with Crippen molar-refractivity contribution in [3.8, 4) is 5.75 Å². The van der Waals surface area contributed by atoms with Crippen LogP contribution < -0.4 is 4.74 Å². The summed E-state index contributed by atoms with van der Waals surface area (Å²) < 4.78 is 19.8. The van der Waals surface area contributed by atoms with Crippen molar-refractivity contribution in [1.29, 1.82) is 0 Å². The summed E-state index contributed by atoms with van der Waals surface area (Å²) in [6.45, 7) is 1.17. The van der Waals surface area contributed by atoms with Crippen molar-refractivity contribution in [1.82, 2.24) is 0 Å². The zero-order valence-corrected chi connectivity index (χ0v) is 9.97. The predicted octanol–water partition coefficient (Wildman–Crippen LogP) is 1.47. The minimum atomic E-state index is -0.368. The van der Waals surface area contributed by atoms with Crippen molar-refractivity contribution in [2.24, 2.45) is 0 Å². The number of rotatable bonds is 7. The molecule has 5 nitrogen and oxygen atoms in total. The Morgan fingerprint density at radius 2 is 1.82 bits per heavy atom. The second-order valence-electron chi connectivity index (χ2n) is 3.18. The fourth-order valence-corrected chi connectivity index (χ4v) is 1.12. The van der Waals surface area contributed by atoms with Gasteiger partial charge in [0, 0.05) is 7.11 Å². The molecule has 0 radical (unpaired) electrons. The molecule has 0 aromatic heterocycles. The number of methoxy groups -OCH3 is 2. The van der Waals surface area contributed by atoms with E-state index in [0.717, 1.165) is 0 Å². The van der Waals surface area contributed by atoms with Gasteiger partial charge in [-0.2, -0.15) is 0 Å². The highest BCUT2D eigenvalue weighted by atomic mass is 16.7. The summed E-state index contributed by atoms with van der Waals surface area (Å²) in [5, 5.41) is 0. The van der Waals surface area contributed by atoms with Crippen molar-refractivity contribution in [3.63, 3.8) is 0 Å². The molecule has 0 unspecified atom stereocenters. The maximum absolute atomic E-state index is 11.2. The molecule has 0 bridgehead atoms. The van der Waals surface area contributed by atoms with Gasteiger partial charge in [-0.15, -0.1) is 0 Å². The molecule has 0 spiro atoms. The summed E-state index contributed by atoms with van der Waals surface area (Å²) in [6, 6.07) is 6.64. The van der Waals surface area contributed by atoms with E-state index < -0.39 is 0 Å². The van der Waals surface area contributed by atoms with Gasteiger partial charge in [0.25, 0.3) is 0 Å². The number of ether oxygens (including phenoxy) is 4. The second-order valence-corrected chi connectivity index (χ2v) is 3.18. The summed E-state index contributed by atoms with van der Waals surface area (Å²) in [7, 11) is 2.95. The monoisotopic (exact) mass is 240 g/mol. The van der Waals surface area contributed by atoms with E-state index in [0.29, 0.717) is 24.5 Å². The van der Waals surface area contributed by atoms with Gasteiger partial charge in [-0.1, -0.05) is 0 Å². The van der Waals surface area contributed by atoms with Crippen molar-refractivity contribution in [3.05, 3.63) is 29.8 Å². The maximum Gasteiger partial charge on any atom is 0.337 e. The predicted molar refractivity (Wildman–Crippen MR) is 61.1 cm³/mol. The lowest BCUT2D eigenvalue weighted by molar-refractivity contribution is -0.00847. The van der Waals surface area contributed by atoms with Crippen molar-refractivity contribution < 1.29 is 23.7 Å². The smallest absolute Gasteiger partial charge is 0.337 e. The SMILES string of the molecule is COCCOCOc1ccc(C(=O)OC)cc1. The van der Waals surface area contributed by atoms with E-state index in [2.05, 4.69) is 4.74 Å². The first-order chi connectivity index (χ1) is 8.27. The number of carbonyl (C=O) groups is 1. The fourth-order valence-electron chi connectivity index (χ4n) is 1.12. The number of hydrogen-bond acceptors (Lipinski definition) is 5. The van der Waals surface area contributed by atoms with Gasteiger partial charge in [0.05, 0.1) is 25.9 Å². The summed E-state index contributed by atoms with van der Waals surface area (Å²) in [4.78, 5) is 11.2. The van der Waals surface area contributed by atoms with Gasteiger partial charge < -0.3 is 18.9 Å². The van der Waals surface area contributed by atoms with Gasteiger partial charge in [-0.25, -0.2) is 4.79 Å². The minimum absolute atomic E-state index is 0.154. The normalized spacial score (nSPS) is 10.0. The Morgan fingerprint density at radius 1 is 1.12 bits per heavy atom. The molecule has 94 valence electrons. The van der Waals surface area contributed by atoms with Gasteiger partial charge >= 0.3 is 5.97 Å². The van der Waals surface area contributed by atoms with E-state index in [-0.39, 0.29) is 12.8 Å². The molecule has 0 atom stereocenters. The number of carbonyl (C=O) groups excluding carboxylic acids is 1. The minimum Gasteiger partial charge on any atom is -0.468 e. The Balaban J connectivity index is 2.33. The topological polar surface area (TPSA) is 54.0 Å². The zero-order valence-electron chi connectivity index (χ0n) is 9.97. The van der Waals surface area contributed by atoms with Crippen LogP contribution in [0.2, 0.25) is 0 Å². The average Bonchev–Trinajstić information content (AvgIpc) is 2.38. The van der Waals surface area contributed by atoms with Crippen molar-refractivity contribution in [2.75, 3.05) is 34.2 Å². The lowest BCUT2D eigenvalue weighted by atomic mass is 10.2. The van der Waals surface area contributed by atoms with Crippen LogP contribution in [0, 0.1) is 0 Å². The molecule has 0 heterocycles. The number of benzene rings is 1. The molecule has 0 fully saturated rings. The number of hydrogen-bond donors (Lipinski definition) is 0. The Bertz CT molecular complexity index is 333. The van der Waals surface area contributed by atoms with Crippen LogP contribution in [0.15, 0.2) is 24.3 Å². The van der Waals surface area contributed by atoms with Crippen molar-refractivity contribution in [2.45, 2.75) is 0 Å². The van der Waals surface area contributed by atoms with E-state index in [1.165, 1.54) is 7.11 Å². The number of esters is 1. The molecule has 0 aliphatic carbocycles. The van der Waals surface area contributed by atoms with Crippen LogP contribution in [0.5, 0.6) is 5.75 Å². The Labute approximate surface area is 100 Å². The first-order valence-electron chi connectivity index (χ1n) is 5.15. The lowest BCUT2D eigenvalue weighted by Gasteiger charge is -2.07. The van der Waals surface area contributed by atoms with E-state index in [9.17, 15) is 4.79 Å². The van der Waals surface area contributed by atoms with E-state index in [4.69, 9.17) is 14.2 Å². The summed E-state index contributed by atoms with van der Waals surface area (Å²) in [5.74, 6) is 0.267. The van der Waals surface area contributed by atoms with Crippen LogP contribution in [0.4, 0.5) is 0 Å². The first kappa shape index (κ1) is 13.5. The van der Waals surface area contributed by atoms with Gasteiger partial charge in [0.2, 0.25) is 0 Å². The Morgan fingerprint density at radius 3 is 2.41 bits per heavy atom. The maximum atomic E-state index is 11.2. The summed E-state index contributed by atoms with van der Waals surface area (Å²) >= 11 is 0. The molecule has 0 saturated heterocycles. The molecule has 5 heteroatoms. The largest absolute Gasteiger partial charge is 0.468 e. The van der Waals surface area contributed by atoms with Gasteiger partial charge in [-0.3, -0.25) is 0 Å². The highest BCUT2D eigenvalue weighted by molar-refractivity contribution is 5.89. The third-order valence-electron chi connectivity index (χ3n) is 2.02. The Hall–Kier alpha value is -1.59. The third-order valence-corrected chi connectivity index (χ3v) is 2.02. The van der Waals surface area contributed by atoms with Crippen LogP contribution in [0.25, 0.3) is 0 Å². The van der Waals surface area contributed by atoms with E-state index in [1.807, 2.05) is 0 Å². The lowest BCUT2D eigenvalue weighted by Crippen LogP contribution is -2.08. The highest BCUT2D eigenvalue weighted by Gasteiger charge is 2.04. The van der Waals surface area contributed by atoms with Gasteiger partial charge in [0.15, 0.2) is 6.79 Å². The Kier molecular flexibility index (Phi) is 6.06. The molecule has 0 aliphatic rings. The average molecular weight is 240 g/mol. The highest BCUT2D eigenvalue weighted by Crippen LogP contribution is 2.12. The summed E-state index contributed by atoms with van der Waals surface area (Å²) in [5.41, 5.74) is 0.486. The molecule has 17 heavy (non-hydrogen) atoms. The molecule has 1 aromatic rings. The van der Waals surface area contributed by atoms with Crippen molar-refractivity contribution >= 4 is 5.97 Å². The second kappa shape index (κ2) is 7.65. The standard InChI is InChI=1S/C12H16O5/c1-14-7-8-16-9-17-11-5-3-10(4-6-11)12(13)15-2/h3-6H,7-9H2,1-2H3. The third kappa shape index (κ3) is 4.84. The quantitative estimate of drug-likeness (QED) is 0.410. The molecule has 0 amide bonds. The van der Waals surface area contributed by atoms with Crippen LogP contribution in [0.3, 0.4) is 0 Å². The molecule has 1 aromatic carbocycles. The van der Waals surface area contributed by atoms with Crippen LogP contribution in [0.1, 0.15) is 10.4 Å². The van der Waals surface area contributed by atoms with Gasteiger partial charge in [0.1, 0.15) is 5.75 Å².